The number of rotatable bonds is 4. The molecule has 6 heteroatoms. The normalized spacial score (nSPS) is 10.5. The van der Waals surface area contributed by atoms with Crippen LogP contribution < -0.4 is 5.06 Å². The molecular formula is C20H17NO5. The number of fused-ring (bicyclic) bond motifs is 1. The predicted octanol–water partition coefficient (Wildman–Crippen LogP) is 3.30. The largest absolute Gasteiger partial charge is 0.505 e. The Morgan fingerprint density at radius 1 is 1.00 bits per heavy atom. The summed E-state index contributed by atoms with van der Waals surface area (Å²) in [6, 6.07) is 16.7. The van der Waals surface area contributed by atoms with Gasteiger partial charge in [0.1, 0.15) is 11.4 Å². The fourth-order valence-corrected chi connectivity index (χ4v) is 2.77. The molecule has 0 bridgehead atoms. The summed E-state index contributed by atoms with van der Waals surface area (Å²) in [5.74, 6) is -1.45. The number of carbonyl (C=O) groups is 2. The van der Waals surface area contributed by atoms with Gasteiger partial charge in [0.25, 0.3) is 5.91 Å². The van der Waals surface area contributed by atoms with Crippen molar-refractivity contribution in [2.75, 3.05) is 12.2 Å². The molecule has 0 atom stereocenters. The third-order valence-corrected chi connectivity index (χ3v) is 4.11. The van der Waals surface area contributed by atoms with Crippen molar-refractivity contribution in [2.45, 2.75) is 6.42 Å². The number of ether oxygens (including phenoxy) is 1. The molecule has 26 heavy (non-hydrogen) atoms. The fraction of sp³-hybridized carbons (Fsp3) is 0.100. The van der Waals surface area contributed by atoms with Gasteiger partial charge in [0, 0.05) is 5.39 Å². The van der Waals surface area contributed by atoms with E-state index < -0.39 is 11.9 Å². The third kappa shape index (κ3) is 3.22. The van der Waals surface area contributed by atoms with Gasteiger partial charge in [0.2, 0.25) is 0 Å². The van der Waals surface area contributed by atoms with Crippen LogP contribution in [0.15, 0.2) is 60.7 Å². The second-order valence-corrected chi connectivity index (χ2v) is 5.69. The van der Waals surface area contributed by atoms with Crippen LogP contribution in [0.1, 0.15) is 15.9 Å². The highest BCUT2D eigenvalue weighted by atomic mass is 16.5. The Morgan fingerprint density at radius 3 is 2.46 bits per heavy atom. The van der Waals surface area contributed by atoms with Crippen LogP contribution in [-0.4, -0.2) is 29.3 Å². The topological polar surface area (TPSA) is 87.1 Å². The summed E-state index contributed by atoms with van der Waals surface area (Å²) >= 11 is 0. The Balaban J connectivity index is 1.90. The van der Waals surface area contributed by atoms with E-state index in [9.17, 15) is 19.9 Å². The molecule has 3 aromatic rings. The fourth-order valence-electron chi connectivity index (χ4n) is 2.77. The standard InChI is InChI=1S/C20H17NO5/c1-26-20(24)16-9-5-3-7-14(16)12-18(22)21(25)17-11-10-13-6-2-4-8-15(13)19(17)23/h2-11,23,25H,12H2,1H3. The number of nitrogens with zero attached hydrogens (tertiary/aromatic N) is 1. The van der Waals surface area contributed by atoms with Crippen molar-refractivity contribution in [1.82, 2.24) is 0 Å². The predicted molar refractivity (Wildman–Crippen MR) is 96.4 cm³/mol. The van der Waals surface area contributed by atoms with E-state index in [-0.39, 0.29) is 23.4 Å². The molecule has 0 aromatic heterocycles. The highest BCUT2D eigenvalue weighted by Gasteiger charge is 2.21. The Bertz CT molecular complexity index is 983. The van der Waals surface area contributed by atoms with Crippen LogP contribution >= 0.6 is 0 Å². The van der Waals surface area contributed by atoms with Crippen LogP contribution in [0.2, 0.25) is 0 Å². The maximum absolute atomic E-state index is 12.5. The number of benzene rings is 3. The molecule has 0 heterocycles. The summed E-state index contributed by atoms with van der Waals surface area (Å²) < 4.78 is 4.70. The summed E-state index contributed by atoms with van der Waals surface area (Å²) in [5, 5.41) is 22.4. The number of amides is 1. The zero-order chi connectivity index (χ0) is 18.7. The Kier molecular flexibility index (Phi) is 4.86. The molecule has 0 unspecified atom stereocenters. The monoisotopic (exact) mass is 351 g/mol. The van der Waals surface area contributed by atoms with Crippen molar-refractivity contribution in [1.29, 1.82) is 0 Å². The van der Waals surface area contributed by atoms with E-state index in [0.717, 1.165) is 5.39 Å². The number of methoxy groups -OCH3 is 1. The summed E-state index contributed by atoms with van der Waals surface area (Å²) in [7, 11) is 1.26. The van der Waals surface area contributed by atoms with Crippen molar-refractivity contribution in [3.05, 3.63) is 71.8 Å². The number of carbonyl (C=O) groups excluding carboxylic acids is 2. The van der Waals surface area contributed by atoms with E-state index in [2.05, 4.69) is 0 Å². The van der Waals surface area contributed by atoms with E-state index in [1.54, 1.807) is 42.5 Å². The van der Waals surface area contributed by atoms with Crippen LogP contribution in [-0.2, 0) is 16.0 Å². The van der Waals surface area contributed by atoms with Crippen molar-refractivity contribution < 1.29 is 24.6 Å². The summed E-state index contributed by atoms with van der Waals surface area (Å²) in [4.78, 5) is 24.3. The van der Waals surface area contributed by atoms with Crippen LogP contribution in [0.3, 0.4) is 0 Å². The van der Waals surface area contributed by atoms with Crippen molar-refractivity contribution in [3.63, 3.8) is 0 Å². The first-order valence-electron chi connectivity index (χ1n) is 7.91. The lowest BCUT2D eigenvalue weighted by Crippen LogP contribution is -2.29. The molecule has 6 nitrogen and oxygen atoms in total. The Morgan fingerprint density at radius 2 is 1.69 bits per heavy atom. The number of hydroxylamine groups is 1. The van der Waals surface area contributed by atoms with Crippen LogP contribution in [0.5, 0.6) is 5.75 Å². The van der Waals surface area contributed by atoms with Gasteiger partial charge in [-0.15, -0.1) is 0 Å². The molecule has 1 amide bonds. The molecule has 0 fully saturated rings. The molecule has 0 saturated heterocycles. The minimum absolute atomic E-state index is 0.0238. The van der Waals surface area contributed by atoms with Crippen LogP contribution in [0.25, 0.3) is 10.8 Å². The zero-order valence-corrected chi connectivity index (χ0v) is 14.0. The number of hydrogen-bond acceptors (Lipinski definition) is 5. The van der Waals surface area contributed by atoms with Crippen LogP contribution in [0, 0.1) is 0 Å². The number of hydrogen-bond donors (Lipinski definition) is 2. The molecule has 132 valence electrons. The maximum atomic E-state index is 12.5. The second-order valence-electron chi connectivity index (χ2n) is 5.69. The van der Waals surface area contributed by atoms with Gasteiger partial charge in [-0.3, -0.25) is 10.0 Å². The lowest BCUT2D eigenvalue weighted by Gasteiger charge is -2.18. The number of aromatic hydroxyl groups is 1. The molecule has 0 spiro atoms. The molecule has 3 aromatic carbocycles. The zero-order valence-electron chi connectivity index (χ0n) is 14.0. The van der Waals surface area contributed by atoms with Gasteiger partial charge in [-0.25, -0.2) is 4.79 Å². The average Bonchev–Trinajstić information content (AvgIpc) is 2.67. The molecule has 0 aliphatic heterocycles. The van der Waals surface area contributed by atoms with E-state index in [1.807, 2.05) is 12.1 Å². The van der Waals surface area contributed by atoms with E-state index in [0.29, 0.717) is 16.0 Å². The van der Waals surface area contributed by atoms with Crippen molar-refractivity contribution in [2.24, 2.45) is 0 Å². The molecule has 3 rings (SSSR count). The lowest BCUT2D eigenvalue weighted by atomic mass is 10.0. The van der Waals surface area contributed by atoms with Gasteiger partial charge in [0.15, 0.2) is 0 Å². The summed E-state index contributed by atoms with van der Waals surface area (Å²) in [6.07, 6.45) is -0.228. The first kappa shape index (κ1) is 17.4. The first-order valence-corrected chi connectivity index (χ1v) is 7.91. The SMILES string of the molecule is COC(=O)c1ccccc1CC(=O)N(O)c1ccc2ccccc2c1O. The number of phenols is 1. The van der Waals surface area contributed by atoms with Gasteiger partial charge in [-0.2, -0.15) is 5.06 Å². The summed E-state index contributed by atoms with van der Waals surface area (Å²) in [6.45, 7) is 0. The molecule has 0 aliphatic rings. The minimum atomic E-state index is -0.688. The highest BCUT2D eigenvalue weighted by Crippen LogP contribution is 2.34. The minimum Gasteiger partial charge on any atom is -0.505 e. The van der Waals surface area contributed by atoms with Gasteiger partial charge < -0.3 is 9.84 Å². The number of phenolic OH excluding ortho intramolecular Hbond substituents is 1. The molecule has 0 aliphatic carbocycles. The molecule has 0 saturated carbocycles. The molecular weight excluding hydrogens is 334 g/mol. The van der Waals surface area contributed by atoms with Crippen molar-refractivity contribution >= 4 is 28.3 Å². The molecule has 2 N–H and O–H groups in total. The average molecular weight is 351 g/mol. The lowest BCUT2D eigenvalue weighted by molar-refractivity contribution is -0.123. The molecule has 0 radical (unpaired) electrons. The quantitative estimate of drug-likeness (QED) is 0.428. The summed E-state index contributed by atoms with van der Waals surface area (Å²) in [5.41, 5.74) is 0.646. The second kappa shape index (κ2) is 7.25. The van der Waals surface area contributed by atoms with Crippen LogP contribution in [0.4, 0.5) is 5.69 Å². The Labute approximate surface area is 149 Å². The smallest absolute Gasteiger partial charge is 0.338 e. The van der Waals surface area contributed by atoms with E-state index >= 15 is 0 Å². The van der Waals surface area contributed by atoms with Gasteiger partial charge >= 0.3 is 5.97 Å². The van der Waals surface area contributed by atoms with Gasteiger partial charge in [-0.1, -0.05) is 48.5 Å². The third-order valence-electron chi connectivity index (χ3n) is 4.11. The van der Waals surface area contributed by atoms with Gasteiger partial charge in [0.05, 0.1) is 19.1 Å². The van der Waals surface area contributed by atoms with Crippen molar-refractivity contribution in [3.8, 4) is 5.75 Å². The number of anilines is 1. The Hall–Kier alpha value is -3.38. The van der Waals surface area contributed by atoms with E-state index in [4.69, 9.17) is 4.74 Å². The van der Waals surface area contributed by atoms with Gasteiger partial charge in [-0.05, 0) is 23.1 Å². The number of esters is 1. The highest BCUT2D eigenvalue weighted by molar-refractivity contribution is 6.01. The first-order chi connectivity index (χ1) is 12.5. The maximum Gasteiger partial charge on any atom is 0.338 e. The van der Waals surface area contributed by atoms with E-state index in [1.165, 1.54) is 13.2 Å².